The number of anilines is 1. The Hall–Kier alpha value is -1.24. The van der Waals surface area contributed by atoms with E-state index in [1.807, 2.05) is 6.92 Å². The highest BCUT2D eigenvalue weighted by Gasteiger charge is 2.20. The number of benzene rings is 1. The maximum Gasteiger partial charge on any atom is 0.264 e. The molecule has 102 valence electrons. The van der Waals surface area contributed by atoms with Gasteiger partial charge in [-0.05, 0) is 19.1 Å². The molecule has 2 aromatic rings. The maximum absolute atomic E-state index is 12.2. The van der Waals surface area contributed by atoms with E-state index in [4.69, 9.17) is 23.2 Å². The van der Waals surface area contributed by atoms with Gasteiger partial charge < -0.3 is 0 Å². The van der Waals surface area contributed by atoms with E-state index in [1.54, 1.807) is 6.07 Å². The first-order valence-corrected chi connectivity index (χ1v) is 7.68. The van der Waals surface area contributed by atoms with E-state index in [9.17, 15) is 8.42 Å². The normalized spacial score (nSPS) is 11.5. The number of nitrogens with one attached hydrogen (secondary N) is 1. The molecule has 1 aromatic heterocycles. The van der Waals surface area contributed by atoms with Crippen molar-refractivity contribution >= 4 is 39.0 Å². The molecule has 0 atom stereocenters. The van der Waals surface area contributed by atoms with Crippen molar-refractivity contribution in [1.82, 2.24) is 9.78 Å². The van der Waals surface area contributed by atoms with Crippen molar-refractivity contribution in [2.24, 2.45) is 0 Å². The van der Waals surface area contributed by atoms with Gasteiger partial charge in [-0.1, -0.05) is 29.3 Å². The van der Waals surface area contributed by atoms with Gasteiger partial charge in [-0.3, -0.25) is 4.72 Å². The van der Waals surface area contributed by atoms with Gasteiger partial charge in [-0.25, -0.2) is 13.1 Å². The zero-order valence-corrected chi connectivity index (χ0v) is 12.3. The van der Waals surface area contributed by atoms with Crippen molar-refractivity contribution in [2.75, 3.05) is 4.72 Å². The average molecular weight is 320 g/mol. The van der Waals surface area contributed by atoms with E-state index in [0.29, 0.717) is 12.4 Å². The topological polar surface area (TPSA) is 64.0 Å². The van der Waals surface area contributed by atoms with Crippen LogP contribution < -0.4 is 4.72 Å². The lowest BCUT2D eigenvalue weighted by atomic mass is 10.4. The molecular weight excluding hydrogens is 309 g/mol. The third kappa shape index (κ3) is 2.86. The number of nitrogens with zero attached hydrogens (tertiary/aromatic N) is 2. The molecule has 8 heteroatoms. The molecule has 1 aromatic carbocycles. The summed E-state index contributed by atoms with van der Waals surface area (Å²) >= 11 is 11.7. The first-order valence-electron chi connectivity index (χ1n) is 5.44. The van der Waals surface area contributed by atoms with Crippen LogP contribution >= 0.6 is 23.2 Å². The molecule has 0 spiro atoms. The number of hydrogen-bond donors (Lipinski definition) is 1. The Bertz CT molecular complexity index is 698. The molecule has 0 aliphatic carbocycles. The summed E-state index contributed by atoms with van der Waals surface area (Å²) in [5.74, 6) is 0.374. The van der Waals surface area contributed by atoms with Crippen LogP contribution in [0.5, 0.6) is 0 Å². The lowest BCUT2D eigenvalue weighted by molar-refractivity contribution is 0.599. The number of rotatable bonds is 4. The van der Waals surface area contributed by atoms with Crippen LogP contribution in [0.25, 0.3) is 0 Å². The van der Waals surface area contributed by atoms with E-state index in [0.717, 1.165) is 0 Å². The zero-order chi connectivity index (χ0) is 14.0. The van der Waals surface area contributed by atoms with Gasteiger partial charge in [-0.15, -0.1) is 0 Å². The third-order valence-electron chi connectivity index (χ3n) is 2.46. The van der Waals surface area contributed by atoms with Gasteiger partial charge in [0.25, 0.3) is 10.0 Å². The molecule has 1 heterocycles. The van der Waals surface area contributed by atoms with Gasteiger partial charge in [-0.2, -0.15) is 5.10 Å². The Morgan fingerprint density at radius 1 is 1.32 bits per heavy atom. The summed E-state index contributed by atoms with van der Waals surface area (Å²) in [6, 6.07) is 6.02. The van der Waals surface area contributed by atoms with Gasteiger partial charge in [0.05, 0.1) is 16.2 Å². The molecule has 2 rings (SSSR count). The number of hydrogen-bond acceptors (Lipinski definition) is 3. The Balaban J connectivity index is 2.41. The van der Waals surface area contributed by atoms with Gasteiger partial charge in [0.2, 0.25) is 0 Å². The molecule has 0 amide bonds. The maximum atomic E-state index is 12.2. The van der Waals surface area contributed by atoms with Gasteiger partial charge in [0.15, 0.2) is 0 Å². The summed E-state index contributed by atoms with van der Waals surface area (Å²) in [4.78, 5) is -0.0643. The third-order valence-corrected chi connectivity index (χ3v) is 4.79. The fraction of sp³-hybridized carbons (Fsp3) is 0.182. The van der Waals surface area contributed by atoms with E-state index in [-0.39, 0.29) is 14.9 Å². The van der Waals surface area contributed by atoms with Crippen LogP contribution in [0, 0.1) is 0 Å². The predicted octanol–water partition coefficient (Wildman–Crippen LogP) is 3.01. The van der Waals surface area contributed by atoms with E-state index in [1.165, 1.54) is 29.1 Å². The van der Waals surface area contributed by atoms with Crippen molar-refractivity contribution in [3.8, 4) is 0 Å². The van der Waals surface area contributed by atoms with Crippen LogP contribution in [-0.2, 0) is 16.6 Å². The van der Waals surface area contributed by atoms with Gasteiger partial charge in [0, 0.05) is 12.6 Å². The molecule has 5 nitrogen and oxygen atoms in total. The molecule has 0 fully saturated rings. The Kier molecular flexibility index (Phi) is 4.03. The second kappa shape index (κ2) is 5.40. The van der Waals surface area contributed by atoms with E-state index >= 15 is 0 Å². The van der Waals surface area contributed by atoms with Crippen LogP contribution in [0.2, 0.25) is 10.0 Å². The summed E-state index contributed by atoms with van der Waals surface area (Å²) in [5.41, 5.74) is 0. The number of halogens is 2. The first-order chi connectivity index (χ1) is 8.95. The minimum absolute atomic E-state index is 0.000713. The van der Waals surface area contributed by atoms with Gasteiger partial charge >= 0.3 is 0 Å². The lowest BCUT2D eigenvalue weighted by Gasteiger charge is -2.11. The molecule has 0 bridgehead atoms. The van der Waals surface area contributed by atoms with Gasteiger partial charge in [0.1, 0.15) is 10.7 Å². The summed E-state index contributed by atoms with van der Waals surface area (Å²) in [7, 11) is -3.80. The van der Waals surface area contributed by atoms with Crippen molar-refractivity contribution in [3.63, 3.8) is 0 Å². The Labute approximate surface area is 121 Å². The molecule has 0 unspecified atom stereocenters. The standard InChI is InChI=1S/C11H11Cl2N3O2S/c1-2-16-10(6-7-14-16)15-19(17,18)9-5-3-4-8(12)11(9)13/h3-7,15H,2H2,1H3. The highest BCUT2D eigenvalue weighted by Crippen LogP contribution is 2.30. The van der Waals surface area contributed by atoms with Crippen LogP contribution in [0.1, 0.15) is 6.92 Å². The molecule has 0 saturated carbocycles. The minimum atomic E-state index is -3.80. The largest absolute Gasteiger partial charge is 0.264 e. The number of aryl methyl sites for hydroxylation is 1. The molecule has 0 aliphatic rings. The zero-order valence-electron chi connectivity index (χ0n) is 9.97. The minimum Gasteiger partial charge on any atom is -0.264 e. The summed E-state index contributed by atoms with van der Waals surface area (Å²) in [5, 5.41) is 4.17. The first kappa shape index (κ1) is 14.2. The fourth-order valence-electron chi connectivity index (χ4n) is 1.56. The predicted molar refractivity (Wildman–Crippen MR) is 75.2 cm³/mol. The van der Waals surface area contributed by atoms with E-state index in [2.05, 4.69) is 9.82 Å². The number of sulfonamides is 1. The molecule has 0 aliphatic heterocycles. The highest BCUT2D eigenvalue weighted by molar-refractivity contribution is 7.92. The quantitative estimate of drug-likeness (QED) is 0.942. The van der Waals surface area contributed by atoms with Crippen LogP contribution in [-0.4, -0.2) is 18.2 Å². The second-order valence-electron chi connectivity index (χ2n) is 3.69. The summed E-state index contributed by atoms with van der Waals surface area (Å²) in [6.07, 6.45) is 1.51. The van der Waals surface area contributed by atoms with Crippen molar-refractivity contribution in [1.29, 1.82) is 0 Å². The number of aromatic nitrogens is 2. The molecular formula is C11H11Cl2N3O2S. The smallest absolute Gasteiger partial charge is 0.264 e. The average Bonchev–Trinajstić information content (AvgIpc) is 2.78. The van der Waals surface area contributed by atoms with Crippen molar-refractivity contribution < 1.29 is 8.42 Å². The van der Waals surface area contributed by atoms with Crippen molar-refractivity contribution in [2.45, 2.75) is 18.4 Å². The SMILES string of the molecule is CCn1nccc1NS(=O)(=O)c1cccc(Cl)c1Cl. The Morgan fingerprint density at radius 2 is 2.05 bits per heavy atom. The summed E-state index contributed by atoms with van der Waals surface area (Å²) < 4.78 is 28.4. The molecule has 0 saturated heterocycles. The van der Waals surface area contributed by atoms with Crippen LogP contribution in [0.3, 0.4) is 0 Å². The molecule has 0 radical (unpaired) electrons. The lowest BCUT2D eigenvalue weighted by Crippen LogP contribution is -2.16. The highest BCUT2D eigenvalue weighted by atomic mass is 35.5. The van der Waals surface area contributed by atoms with Crippen LogP contribution in [0.4, 0.5) is 5.82 Å². The van der Waals surface area contributed by atoms with Crippen LogP contribution in [0.15, 0.2) is 35.4 Å². The second-order valence-corrected chi connectivity index (χ2v) is 6.13. The summed E-state index contributed by atoms with van der Waals surface area (Å²) in [6.45, 7) is 2.41. The molecule has 1 N–H and O–H groups in total. The van der Waals surface area contributed by atoms with Crippen molar-refractivity contribution in [3.05, 3.63) is 40.5 Å². The monoisotopic (exact) mass is 319 g/mol. The van der Waals surface area contributed by atoms with E-state index < -0.39 is 10.0 Å². The fourth-order valence-corrected chi connectivity index (χ4v) is 3.38. The Morgan fingerprint density at radius 3 is 2.74 bits per heavy atom. The molecule has 19 heavy (non-hydrogen) atoms.